The molecule has 1 fully saturated rings. The average Bonchev–Trinajstić information content (AvgIpc) is 3.12. The summed E-state index contributed by atoms with van der Waals surface area (Å²) in [6.07, 6.45) is 7.15. The van der Waals surface area contributed by atoms with E-state index in [0.717, 1.165) is 42.7 Å². The van der Waals surface area contributed by atoms with Crippen LogP contribution in [0.25, 0.3) is 5.57 Å². The van der Waals surface area contributed by atoms with Gasteiger partial charge in [0.1, 0.15) is 0 Å². The number of benzene rings is 1. The highest BCUT2D eigenvalue weighted by Crippen LogP contribution is 2.32. The normalized spacial score (nSPS) is 20.6. The van der Waals surface area contributed by atoms with Crippen molar-refractivity contribution >= 4 is 23.1 Å². The Balaban J connectivity index is 1.85. The standard InChI is InChI=1S/C15H16ClNO/c16-12-4-7-14-10(8-12)2-1-3-11(14)9-15(18)17-13-5-6-13/h4,7-9,13H,1-3,5-6H2,(H,17,18)/b11-9+. The van der Waals surface area contributed by atoms with Gasteiger partial charge in [0.25, 0.3) is 0 Å². The van der Waals surface area contributed by atoms with Crippen molar-refractivity contribution in [2.75, 3.05) is 0 Å². The number of rotatable bonds is 2. The third-order valence-electron chi connectivity index (χ3n) is 3.53. The Morgan fingerprint density at radius 3 is 2.94 bits per heavy atom. The number of fused-ring (bicyclic) bond motifs is 1. The Morgan fingerprint density at radius 2 is 2.17 bits per heavy atom. The molecule has 0 aliphatic heterocycles. The molecule has 3 heteroatoms. The van der Waals surface area contributed by atoms with Gasteiger partial charge in [0.2, 0.25) is 5.91 Å². The molecule has 0 atom stereocenters. The van der Waals surface area contributed by atoms with Crippen LogP contribution in [0.15, 0.2) is 24.3 Å². The van der Waals surface area contributed by atoms with Gasteiger partial charge in [0.15, 0.2) is 0 Å². The fourth-order valence-corrected chi connectivity index (χ4v) is 2.66. The maximum absolute atomic E-state index is 11.8. The number of carbonyl (C=O) groups is 1. The molecule has 0 heterocycles. The fraction of sp³-hybridized carbons (Fsp3) is 0.400. The van der Waals surface area contributed by atoms with Gasteiger partial charge < -0.3 is 5.32 Å². The van der Waals surface area contributed by atoms with Crippen LogP contribution < -0.4 is 5.32 Å². The summed E-state index contributed by atoms with van der Waals surface area (Å²) in [5, 5.41) is 3.78. The summed E-state index contributed by atoms with van der Waals surface area (Å²) in [5.41, 5.74) is 3.60. The second kappa shape index (κ2) is 4.77. The first-order chi connectivity index (χ1) is 8.72. The van der Waals surface area contributed by atoms with Crippen LogP contribution in [0, 0.1) is 0 Å². The Kier molecular flexibility index (Phi) is 3.13. The second-order valence-corrected chi connectivity index (χ2v) is 5.54. The minimum atomic E-state index is 0.0512. The number of amides is 1. The Bertz CT molecular complexity index is 517. The largest absolute Gasteiger partial charge is 0.350 e. The topological polar surface area (TPSA) is 29.1 Å². The van der Waals surface area contributed by atoms with Gasteiger partial charge in [-0.3, -0.25) is 4.79 Å². The molecule has 1 aromatic carbocycles. The smallest absolute Gasteiger partial charge is 0.244 e. The molecule has 1 amide bonds. The van der Waals surface area contributed by atoms with Gasteiger partial charge in [-0.15, -0.1) is 0 Å². The van der Waals surface area contributed by atoms with E-state index in [1.54, 1.807) is 6.08 Å². The van der Waals surface area contributed by atoms with Gasteiger partial charge in [-0.2, -0.15) is 0 Å². The van der Waals surface area contributed by atoms with Crippen molar-refractivity contribution in [2.45, 2.75) is 38.1 Å². The van der Waals surface area contributed by atoms with E-state index in [1.807, 2.05) is 18.2 Å². The van der Waals surface area contributed by atoms with Crippen LogP contribution in [0.3, 0.4) is 0 Å². The van der Waals surface area contributed by atoms with Gasteiger partial charge in [-0.05, 0) is 60.9 Å². The molecule has 0 radical (unpaired) electrons. The Morgan fingerprint density at radius 1 is 1.33 bits per heavy atom. The molecular formula is C15H16ClNO. The van der Waals surface area contributed by atoms with Crippen LogP contribution in [0.5, 0.6) is 0 Å². The number of nitrogens with one attached hydrogen (secondary N) is 1. The minimum absolute atomic E-state index is 0.0512. The number of hydrogen-bond donors (Lipinski definition) is 1. The summed E-state index contributed by atoms with van der Waals surface area (Å²) in [7, 11) is 0. The van der Waals surface area contributed by atoms with E-state index in [0.29, 0.717) is 6.04 Å². The van der Waals surface area contributed by atoms with Crippen molar-refractivity contribution in [3.8, 4) is 0 Å². The summed E-state index contributed by atoms with van der Waals surface area (Å²) in [6.45, 7) is 0. The lowest BCUT2D eigenvalue weighted by molar-refractivity contribution is -0.116. The van der Waals surface area contributed by atoms with Crippen molar-refractivity contribution in [3.63, 3.8) is 0 Å². The van der Waals surface area contributed by atoms with E-state index < -0.39 is 0 Å². The van der Waals surface area contributed by atoms with Crippen LogP contribution in [0.4, 0.5) is 0 Å². The predicted octanol–water partition coefficient (Wildman–Crippen LogP) is 3.34. The predicted molar refractivity (Wildman–Crippen MR) is 73.5 cm³/mol. The first-order valence-electron chi connectivity index (χ1n) is 6.52. The highest BCUT2D eigenvalue weighted by atomic mass is 35.5. The second-order valence-electron chi connectivity index (χ2n) is 5.11. The quantitative estimate of drug-likeness (QED) is 0.813. The molecule has 2 aliphatic carbocycles. The summed E-state index contributed by atoms with van der Waals surface area (Å²) in [4.78, 5) is 11.8. The molecule has 2 nitrogen and oxygen atoms in total. The molecule has 0 saturated heterocycles. The van der Waals surface area contributed by atoms with E-state index in [9.17, 15) is 4.79 Å². The molecule has 94 valence electrons. The third-order valence-corrected chi connectivity index (χ3v) is 3.77. The van der Waals surface area contributed by atoms with Crippen molar-refractivity contribution < 1.29 is 4.79 Å². The lowest BCUT2D eigenvalue weighted by Crippen LogP contribution is -2.23. The summed E-state index contributed by atoms with van der Waals surface area (Å²) in [6, 6.07) is 6.37. The van der Waals surface area contributed by atoms with Crippen LogP contribution in [0.2, 0.25) is 5.02 Å². The van der Waals surface area contributed by atoms with Crippen LogP contribution in [-0.4, -0.2) is 11.9 Å². The molecule has 18 heavy (non-hydrogen) atoms. The molecule has 3 rings (SSSR count). The molecule has 1 saturated carbocycles. The lowest BCUT2D eigenvalue weighted by Gasteiger charge is -2.19. The average molecular weight is 262 g/mol. The number of halogens is 1. The zero-order valence-electron chi connectivity index (χ0n) is 10.2. The molecular weight excluding hydrogens is 246 g/mol. The number of allylic oxidation sites excluding steroid dienone is 1. The van der Waals surface area contributed by atoms with E-state index in [-0.39, 0.29) is 5.91 Å². The van der Waals surface area contributed by atoms with Crippen LogP contribution in [-0.2, 0) is 11.2 Å². The summed E-state index contributed by atoms with van der Waals surface area (Å²) >= 11 is 6.01. The number of aryl methyl sites for hydroxylation is 1. The van der Waals surface area contributed by atoms with Gasteiger partial charge in [-0.1, -0.05) is 17.7 Å². The lowest BCUT2D eigenvalue weighted by atomic mass is 9.87. The third kappa shape index (κ3) is 2.59. The van der Waals surface area contributed by atoms with E-state index in [4.69, 9.17) is 11.6 Å². The molecule has 0 spiro atoms. The maximum Gasteiger partial charge on any atom is 0.244 e. The van der Waals surface area contributed by atoms with E-state index in [2.05, 4.69) is 5.32 Å². The monoisotopic (exact) mass is 261 g/mol. The summed E-state index contributed by atoms with van der Waals surface area (Å²) < 4.78 is 0. The van der Waals surface area contributed by atoms with E-state index in [1.165, 1.54) is 11.1 Å². The molecule has 0 aromatic heterocycles. The molecule has 1 aromatic rings. The van der Waals surface area contributed by atoms with Crippen LogP contribution in [0.1, 0.15) is 36.8 Å². The Labute approximate surface area is 112 Å². The van der Waals surface area contributed by atoms with Gasteiger partial charge in [0, 0.05) is 17.1 Å². The van der Waals surface area contributed by atoms with Crippen molar-refractivity contribution in [3.05, 3.63) is 40.4 Å². The van der Waals surface area contributed by atoms with Gasteiger partial charge in [0.05, 0.1) is 0 Å². The fourth-order valence-electron chi connectivity index (χ4n) is 2.47. The highest BCUT2D eigenvalue weighted by Gasteiger charge is 2.23. The Hall–Kier alpha value is -1.28. The molecule has 2 aliphatic rings. The number of carbonyl (C=O) groups excluding carboxylic acids is 1. The maximum atomic E-state index is 11.8. The van der Waals surface area contributed by atoms with E-state index >= 15 is 0 Å². The SMILES string of the molecule is O=C(/C=C1\CCCc2cc(Cl)ccc21)NC1CC1. The van der Waals surface area contributed by atoms with Gasteiger partial charge in [-0.25, -0.2) is 0 Å². The molecule has 0 unspecified atom stereocenters. The minimum Gasteiger partial charge on any atom is -0.350 e. The first-order valence-corrected chi connectivity index (χ1v) is 6.90. The zero-order valence-corrected chi connectivity index (χ0v) is 11.0. The molecule has 0 bridgehead atoms. The van der Waals surface area contributed by atoms with Crippen LogP contribution >= 0.6 is 11.6 Å². The molecule has 1 N–H and O–H groups in total. The van der Waals surface area contributed by atoms with Crippen molar-refractivity contribution in [1.29, 1.82) is 0 Å². The number of hydrogen-bond acceptors (Lipinski definition) is 1. The zero-order chi connectivity index (χ0) is 12.5. The summed E-state index contributed by atoms with van der Waals surface area (Å²) in [5.74, 6) is 0.0512. The van der Waals surface area contributed by atoms with Gasteiger partial charge >= 0.3 is 0 Å². The highest BCUT2D eigenvalue weighted by molar-refractivity contribution is 6.30. The first kappa shape index (κ1) is 11.8. The van der Waals surface area contributed by atoms with Crippen molar-refractivity contribution in [1.82, 2.24) is 5.32 Å². The van der Waals surface area contributed by atoms with Crippen molar-refractivity contribution in [2.24, 2.45) is 0 Å².